The fourth-order valence-corrected chi connectivity index (χ4v) is 2.46. The van der Waals surface area contributed by atoms with Gasteiger partial charge in [-0.05, 0) is 30.0 Å². The summed E-state index contributed by atoms with van der Waals surface area (Å²) in [6.07, 6.45) is 2.97. The average molecular weight is 261 g/mol. The van der Waals surface area contributed by atoms with Gasteiger partial charge in [-0.3, -0.25) is 10.1 Å². The molecule has 90 valence electrons. The molecule has 3 aromatic rings. The standard InChI is InChI=1S/C11H8FN5S/c12-7-4-8(13)6-2-1-3-14-9(6)10(7)18-11-15-5-16-17-11/h1-5H,13H2,(H,15,16,17). The lowest BCUT2D eigenvalue weighted by atomic mass is 10.2. The summed E-state index contributed by atoms with van der Waals surface area (Å²) in [6, 6.07) is 4.86. The van der Waals surface area contributed by atoms with Gasteiger partial charge < -0.3 is 5.73 Å². The van der Waals surface area contributed by atoms with Gasteiger partial charge in [-0.15, -0.1) is 0 Å². The van der Waals surface area contributed by atoms with Gasteiger partial charge in [-0.2, -0.15) is 5.10 Å². The highest BCUT2D eigenvalue weighted by atomic mass is 32.2. The van der Waals surface area contributed by atoms with E-state index in [-0.39, 0.29) is 0 Å². The molecule has 0 radical (unpaired) electrons. The molecule has 0 fully saturated rings. The number of pyridine rings is 1. The normalized spacial score (nSPS) is 10.9. The summed E-state index contributed by atoms with van der Waals surface area (Å²) in [5.41, 5.74) is 6.67. The Morgan fingerprint density at radius 1 is 1.33 bits per heavy atom. The molecule has 18 heavy (non-hydrogen) atoms. The number of hydrogen-bond acceptors (Lipinski definition) is 5. The van der Waals surface area contributed by atoms with Crippen molar-refractivity contribution in [2.75, 3.05) is 5.73 Å². The second-order valence-electron chi connectivity index (χ2n) is 3.57. The Morgan fingerprint density at radius 3 is 3.00 bits per heavy atom. The summed E-state index contributed by atoms with van der Waals surface area (Å²) in [6.45, 7) is 0. The Bertz CT molecular complexity index is 698. The number of hydrogen-bond donors (Lipinski definition) is 2. The molecule has 0 amide bonds. The minimum absolute atomic E-state index is 0.373. The Morgan fingerprint density at radius 2 is 2.22 bits per heavy atom. The molecule has 0 unspecified atom stereocenters. The first-order valence-electron chi connectivity index (χ1n) is 5.11. The Hall–Kier alpha value is -2.15. The number of nitrogens with zero attached hydrogens (tertiary/aromatic N) is 3. The van der Waals surface area contributed by atoms with Gasteiger partial charge in [0.05, 0.1) is 10.4 Å². The maximum Gasteiger partial charge on any atom is 0.188 e. The van der Waals surface area contributed by atoms with Crippen molar-refractivity contribution in [2.45, 2.75) is 10.1 Å². The van der Waals surface area contributed by atoms with E-state index in [0.717, 1.165) is 17.1 Å². The summed E-state index contributed by atoms with van der Waals surface area (Å²) in [4.78, 5) is 8.52. The number of aromatic nitrogens is 4. The molecule has 1 aromatic carbocycles. The van der Waals surface area contributed by atoms with Crippen molar-refractivity contribution in [1.29, 1.82) is 0 Å². The number of H-pyrrole nitrogens is 1. The van der Waals surface area contributed by atoms with Crippen molar-refractivity contribution in [3.63, 3.8) is 0 Å². The van der Waals surface area contributed by atoms with Gasteiger partial charge in [0.15, 0.2) is 5.16 Å². The summed E-state index contributed by atoms with van der Waals surface area (Å²) >= 11 is 1.14. The number of benzene rings is 1. The topological polar surface area (TPSA) is 80.5 Å². The molecule has 0 aliphatic heterocycles. The average Bonchev–Trinajstić information content (AvgIpc) is 2.87. The minimum atomic E-state index is -0.417. The van der Waals surface area contributed by atoms with E-state index in [4.69, 9.17) is 5.73 Å². The quantitative estimate of drug-likeness (QED) is 0.691. The third-order valence-corrected chi connectivity index (χ3v) is 3.41. The smallest absolute Gasteiger partial charge is 0.188 e. The molecule has 0 aliphatic rings. The van der Waals surface area contributed by atoms with Crippen LogP contribution in [0.25, 0.3) is 10.9 Å². The molecular formula is C11H8FN5S. The van der Waals surface area contributed by atoms with Gasteiger partial charge in [-0.1, -0.05) is 0 Å². The van der Waals surface area contributed by atoms with Crippen molar-refractivity contribution in [1.82, 2.24) is 20.2 Å². The fraction of sp³-hybridized carbons (Fsp3) is 0. The largest absolute Gasteiger partial charge is 0.398 e. The van der Waals surface area contributed by atoms with Gasteiger partial charge in [0.2, 0.25) is 0 Å². The van der Waals surface area contributed by atoms with E-state index in [1.807, 2.05) is 6.07 Å². The van der Waals surface area contributed by atoms with E-state index in [1.165, 1.54) is 12.4 Å². The van der Waals surface area contributed by atoms with E-state index >= 15 is 0 Å². The highest BCUT2D eigenvalue weighted by molar-refractivity contribution is 7.99. The van der Waals surface area contributed by atoms with Gasteiger partial charge in [0, 0.05) is 17.3 Å². The molecule has 0 saturated carbocycles. The lowest BCUT2D eigenvalue weighted by Gasteiger charge is -2.07. The van der Waals surface area contributed by atoms with Crippen LogP contribution in [-0.2, 0) is 0 Å². The molecule has 5 nitrogen and oxygen atoms in total. The lowest BCUT2D eigenvalue weighted by Crippen LogP contribution is -1.94. The number of fused-ring (bicyclic) bond motifs is 1. The van der Waals surface area contributed by atoms with Crippen molar-refractivity contribution in [3.05, 3.63) is 36.5 Å². The lowest BCUT2D eigenvalue weighted by molar-refractivity contribution is 0.605. The molecule has 2 aromatic heterocycles. The number of rotatable bonds is 2. The number of aromatic amines is 1. The van der Waals surface area contributed by atoms with Crippen molar-refractivity contribution in [3.8, 4) is 0 Å². The van der Waals surface area contributed by atoms with Crippen LogP contribution in [0.5, 0.6) is 0 Å². The van der Waals surface area contributed by atoms with Gasteiger partial charge in [0.1, 0.15) is 12.1 Å². The third-order valence-electron chi connectivity index (χ3n) is 2.42. The summed E-state index contributed by atoms with van der Waals surface area (Å²) < 4.78 is 14.0. The fourth-order valence-electron chi connectivity index (χ4n) is 1.65. The zero-order valence-electron chi connectivity index (χ0n) is 9.09. The minimum Gasteiger partial charge on any atom is -0.398 e. The van der Waals surface area contributed by atoms with Crippen LogP contribution in [0.3, 0.4) is 0 Å². The molecule has 0 spiro atoms. The van der Waals surface area contributed by atoms with Crippen molar-refractivity contribution >= 4 is 28.4 Å². The van der Waals surface area contributed by atoms with Crippen molar-refractivity contribution < 1.29 is 4.39 Å². The van der Waals surface area contributed by atoms with Crippen LogP contribution in [0.15, 0.2) is 40.8 Å². The highest BCUT2D eigenvalue weighted by Gasteiger charge is 2.14. The van der Waals surface area contributed by atoms with E-state index in [0.29, 0.717) is 21.3 Å². The Labute approximate surface area is 106 Å². The number of nitrogen functional groups attached to an aromatic ring is 1. The Kier molecular flexibility index (Phi) is 2.60. The maximum atomic E-state index is 14.0. The van der Waals surface area contributed by atoms with Crippen LogP contribution in [0.1, 0.15) is 0 Å². The predicted octanol–water partition coefficient (Wildman–Crippen LogP) is 2.23. The maximum absolute atomic E-state index is 14.0. The first-order chi connectivity index (χ1) is 8.75. The molecular weight excluding hydrogens is 253 g/mol. The molecule has 0 bridgehead atoms. The summed E-state index contributed by atoms with van der Waals surface area (Å²) in [5.74, 6) is -0.417. The molecule has 0 atom stereocenters. The van der Waals surface area contributed by atoms with Crippen LogP contribution in [-0.4, -0.2) is 20.2 Å². The first-order valence-corrected chi connectivity index (χ1v) is 5.93. The van der Waals surface area contributed by atoms with Gasteiger partial charge >= 0.3 is 0 Å². The molecule has 2 heterocycles. The summed E-state index contributed by atoms with van der Waals surface area (Å²) in [7, 11) is 0. The zero-order valence-corrected chi connectivity index (χ0v) is 9.91. The second-order valence-corrected chi connectivity index (χ2v) is 4.57. The summed E-state index contributed by atoms with van der Waals surface area (Å²) in [5, 5.41) is 7.62. The second kappa shape index (κ2) is 4.26. The van der Waals surface area contributed by atoms with Crippen LogP contribution in [0.4, 0.5) is 10.1 Å². The molecule has 3 rings (SSSR count). The zero-order chi connectivity index (χ0) is 12.5. The van der Waals surface area contributed by atoms with Crippen LogP contribution in [0.2, 0.25) is 0 Å². The number of anilines is 1. The SMILES string of the molecule is Nc1cc(F)c(Sc2ncn[nH]2)c2ncccc12. The van der Waals surface area contributed by atoms with Crippen LogP contribution in [0, 0.1) is 5.82 Å². The van der Waals surface area contributed by atoms with Gasteiger partial charge in [-0.25, -0.2) is 9.37 Å². The first kappa shape index (κ1) is 11.0. The van der Waals surface area contributed by atoms with Crippen molar-refractivity contribution in [2.24, 2.45) is 0 Å². The van der Waals surface area contributed by atoms with Crippen LogP contribution >= 0.6 is 11.8 Å². The van der Waals surface area contributed by atoms with E-state index in [2.05, 4.69) is 20.2 Å². The van der Waals surface area contributed by atoms with Gasteiger partial charge in [0.25, 0.3) is 0 Å². The Balaban J connectivity index is 2.21. The molecule has 0 saturated heterocycles. The number of nitrogens with one attached hydrogen (secondary N) is 1. The van der Waals surface area contributed by atoms with E-state index in [1.54, 1.807) is 12.3 Å². The molecule has 3 N–H and O–H groups in total. The predicted molar refractivity (Wildman–Crippen MR) is 66.6 cm³/mol. The molecule has 7 heteroatoms. The highest BCUT2D eigenvalue weighted by Crippen LogP contribution is 2.35. The monoisotopic (exact) mass is 261 g/mol. The number of nitrogens with two attached hydrogens (primary N) is 1. The van der Waals surface area contributed by atoms with E-state index < -0.39 is 5.82 Å². The number of halogens is 1. The third kappa shape index (κ3) is 1.78. The van der Waals surface area contributed by atoms with Crippen LogP contribution < -0.4 is 5.73 Å². The molecule has 0 aliphatic carbocycles. The van der Waals surface area contributed by atoms with E-state index in [9.17, 15) is 4.39 Å².